The Hall–Kier alpha value is -0.610. The van der Waals surface area contributed by atoms with Gasteiger partial charge in [0.1, 0.15) is 0 Å². The largest absolute Gasteiger partial charge is 0.385 e. The number of hydrogen-bond donors (Lipinski definition) is 1. The molecule has 0 saturated heterocycles. The molecular formula is C15H25ClN2O. The first-order valence-electron chi connectivity index (χ1n) is 6.62. The zero-order valence-corrected chi connectivity index (χ0v) is 13.1. The zero-order valence-electron chi connectivity index (χ0n) is 12.3. The van der Waals surface area contributed by atoms with Gasteiger partial charge >= 0.3 is 0 Å². The highest BCUT2D eigenvalue weighted by Crippen LogP contribution is 2.29. The third-order valence-electron chi connectivity index (χ3n) is 4.05. The molecule has 0 aliphatic carbocycles. The monoisotopic (exact) mass is 284 g/mol. The standard InChI is InChI=1S/C15H25ClN2O/c1-12(13-6-5-7-14(16)10-13)18(3)15(2,11-17)8-9-19-4/h5-7,10,12H,8-9,11,17H2,1-4H3. The van der Waals surface area contributed by atoms with Crippen LogP contribution in [0.25, 0.3) is 0 Å². The van der Waals surface area contributed by atoms with Gasteiger partial charge in [-0.15, -0.1) is 0 Å². The van der Waals surface area contributed by atoms with Crippen molar-refractivity contribution < 1.29 is 4.74 Å². The van der Waals surface area contributed by atoms with Gasteiger partial charge in [-0.3, -0.25) is 4.90 Å². The molecule has 108 valence electrons. The molecule has 2 unspecified atom stereocenters. The van der Waals surface area contributed by atoms with Crippen molar-refractivity contribution in [1.82, 2.24) is 4.90 Å². The molecule has 3 nitrogen and oxygen atoms in total. The molecule has 0 fully saturated rings. The lowest BCUT2D eigenvalue weighted by atomic mass is 9.93. The maximum atomic E-state index is 6.06. The molecule has 4 heteroatoms. The lowest BCUT2D eigenvalue weighted by molar-refractivity contribution is 0.0616. The molecule has 0 aromatic heterocycles. The Morgan fingerprint density at radius 1 is 1.47 bits per heavy atom. The van der Waals surface area contributed by atoms with Gasteiger partial charge in [-0.2, -0.15) is 0 Å². The van der Waals surface area contributed by atoms with Crippen LogP contribution < -0.4 is 5.73 Å². The van der Waals surface area contributed by atoms with Crippen LogP contribution in [0.1, 0.15) is 31.9 Å². The molecule has 0 heterocycles. The van der Waals surface area contributed by atoms with Gasteiger partial charge in [0, 0.05) is 36.9 Å². The Kier molecular flexibility index (Phi) is 6.27. The molecule has 2 atom stereocenters. The number of likely N-dealkylation sites (N-methyl/N-ethyl adjacent to an activating group) is 1. The molecule has 0 saturated carbocycles. The summed E-state index contributed by atoms with van der Waals surface area (Å²) in [4.78, 5) is 2.30. The topological polar surface area (TPSA) is 38.5 Å². The number of halogens is 1. The van der Waals surface area contributed by atoms with Crippen LogP contribution in [-0.2, 0) is 4.74 Å². The van der Waals surface area contributed by atoms with Crippen LogP contribution in [0.15, 0.2) is 24.3 Å². The molecule has 0 bridgehead atoms. The van der Waals surface area contributed by atoms with Gasteiger partial charge in [0.2, 0.25) is 0 Å². The molecule has 1 aromatic rings. The van der Waals surface area contributed by atoms with Crippen molar-refractivity contribution in [3.63, 3.8) is 0 Å². The number of hydrogen-bond acceptors (Lipinski definition) is 3. The number of methoxy groups -OCH3 is 1. The fourth-order valence-electron chi connectivity index (χ4n) is 2.20. The van der Waals surface area contributed by atoms with E-state index in [-0.39, 0.29) is 11.6 Å². The summed E-state index contributed by atoms with van der Waals surface area (Å²) >= 11 is 6.06. The number of nitrogens with zero attached hydrogens (tertiary/aromatic N) is 1. The fraction of sp³-hybridized carbons (Fsp3) is 0.600. The molecular weight excluding hydrogens is 260 g/mol. The van der Waals surface area contributed by atoms with Gasteiger partial charge in [0.05, 0.1) is 0 Å². The van der Waals surface area contributed by atoms with Gasteiger partial charge < -0.3 is 10.5 Å². The van der Waals surface area contributed by atoms with E-state index in [4.69, 9.17) is 22.1 Å². The minimum atomic E-state index is -0.0856. The molecule has 19 heavy (non-hydrogen) atoms. The summed E-state index contributed by atoms with van der Waals surface area (Å²) in [6.45, 7) is 5.65. The molecule has 0 radical (unpaired) electrons. The van der Waals surface area contributed by atoms with Crippen molar-refractivity contribution in [1.29, 1.82) is 0 Å². The first kappa shape index (κ1) is 16.4. The Balaban J connectivity index is 2.87. The van der Waals surface area contributed by atoms with E-state index in [1.807, 2.05) is 18.2 Å². The van der Waals surface area contributed by atoms with Crippen molar-refractivity contribution in [2.45, 2.75) is 31.8 Å². The van der Waals surface area contributed by atoms with Crippen LogP contribution in [0.5, 0.6) is 0 Å². The first-order chi connectivity index (χ1) is 8.94. The van der Waals surface area contributed by atoms with Gasteiger partial charge in [-0.25, -0.2) is 0 Å². The summed E-state index contributed by atoms with van der Waals surface area (Å²) in [7, 11) is 3.82. The minimum Gasteiger partial charge on any atom is -0.385 e. The smallest absolute Gasteiger partial charge is 0.0480 e. The molecule has 1 aromatic carbocycles. The second-order valence-electron chi connectivity index (χ2n) is 5.29. The third-order valence-corrected chi connectivity index (χ3v) is 4.28. The predicted molar refractivity (Wildman–Crippen MR) is 81.6 cm³/mol. The average Bonchev–Trinajstić information content (AvgIpc) is 2.43. The lowest BCUT2D eigenvalue weighted by Crippen LogP contribution is -2.51. The summed E-state index contributed by atoms with van der Waals surface area (Å²) in [6.07, 6.45) is 0.904. The van der Waals surface area contributed by atoms with Crippen molar-refractivity contribution in [3.8, 4) is 0 Å². The summed E-state index contributed by atoms with van der Waals surface area (Å²) in [5, 5.41) is 0.768. The molecule has 2 N–H and O–H groups in total. The number of benzene rings is 1. The number of rotatable bonds is 7. The van der Waals surface area contributed by atoms with Crippen molar-refractivity contribution in [2.75, 3.05) is 27.3 Å². The second-order valence-corrected chi connectivity index (χ2v) is 5.72. The Bertz CT molecular complexity index is 399. The van der Waals surface area contributed by atoms with E-state index in [1.54, 1.807) is 7.11 Å². The molecule has 0 amide bonds. The quantitative estimate of drug-likeness (QED) is 0.836. The van der Waals surface area contributed by atoms with E-state index in [0.717, 1.165) is 11.4 Å². The second kappa shape index (κ2) is 7.25. The lowest BCUT2D eigenvalue weighted by Gasteiger charge is -2.42. The molecule has 0 aliphatic heterocycles. The highest BCUT2D eigenvalue weighted by Gasteiger charge is 2.31. The Morgan fingerprint density at radius 2 is 2.16 bits per heavy atom. The average molecular weight is 285 g/mol. The maximum Gasteiger partial charge on any atom is 0.0480 e. The Labute approximate surface area is 121 Å². The van der Waals surface area contributed by atoms with Gasteiger partial charge in [-0.05, 0) is 45.0 Å². The van der Waals surface area contributed by atoms with Gasteiger partial charge in [0.15, 0.2) is 0 Å². The van der Waals surface area contributed by atoms with E-state index < -0.39 is 0 Å². The minimum absolute atomic E-state index is 0.0856. The summed E-state index contributed by atoms with van der Waals surface area (Å²) in [6, 6.07) is 8.24. The van der Waals surface area contributed by atoms with E-state index in [9.17, 15) is 0 Å². The van der Waals surface area contributed by atoms with E-state index >= 15 is 0 Å². The number of ether oxygens (including phenoxy) is 1. The van der Waals surface area contributed by atoms with Gasteiger partial charge in [0.25, 0.3) is 0 Å². The zero-order chi connectivity index (χ0) is 14.5. The maximum absolute atomic E-state index is 6.06. The van der Waals surface area contributed by atoms with Crippen LogP contribution in [0.2, 0.25) is 5.02 Å². The van der Waals surface area contributed by atoms with Crippen LogP contribution in [0.4, 0.5) is 0 Å². The van der Waals surface area contributed by atoms with Crippen LogP contribution in [-0.4, -0.2) is 37.7 Å². The summed E-state index contributed by atoms with van der Waals surface area (Å²) < 4.78 is 5.19. The van der Waals surface area contributed by atoms with Gasteiger partial charge in [-0.1, -0.05) is 23.7 Å². The molecule has 1 rings (SSSR count). The van der Waals surface area contributed by atoms with Crippen molar-refractivity contribution in [3.05, 3.63) is 34.9 Å². The summed E-state index contributed by atoms with van der Waals surface area (Å²) in [5.41, 5.74) is 7.09. The van der Waals surface area contributed by atoms with E-state index in [2.05, 4.69) is 31.9 Å². The van der Waals surface area contributed by atoms with Crippen molar-refractivity contribution >= 4 is 11.6 Å². The SMILES string of the molecule is COCCC(C)(CN)N(C)C(C)c1cccc(Cl)c1. The highest BCUT2D eigenvalue weighted by atomic mass is 35.5. The van der Waals surface area contributed by atoms with Crippen molar-refractivity contribution in [2.24, 2.45) is 5.73 Å². The Morgan fingerprint density at radius 3 is 2.68 bits per heavy atom. The fourth-order valence-corrected chi connectivity index (χ4v) is 2.40. The number of nitrogens with two attached hydrogens (primary N) is 1. The molecule has 0 aliphatic rings. The van der Waals surface area contributed by atoms with Crippen LogP contribution >= 0.6 is 11.6 Å². The van der Waals surface area contributed by atoms with E-state index in [0.29, 0.717) is 13.2 Å². The van der Waals surface area contributed by atoms with Crippen LogP contribution in [0.3, 0.4) is 0 Å². The third kappa shape index (κ3) is 4.18. The highest BCUT2D eigenvalue weighted by molar-refractivity contribution is 6.30. The van der Waals surface area contributed by atoms with E-state index in [1.165, 1.54) is 5.56 Å². The normalized spacial score (nSPS) is 16.4. The first-order valence-corrected chi connectivity index (χ1v) is 7.00. The molecule has 0 spiro atoms. The summed E-state index contributed by atoms with van der Waals surface area (Å²) in [5.74, 6) is 0. The predicted octanol–water partition coefficient (Wildman–Crippen LogP) is 3.09. The van der Waals surface area contributed by atoms with Crippen LogP contribution in [0, 0.1) is 0 Å².